The molecule has 1 amide bonds. The molecule has 12 heteroatoms. The van der Waals surface area contributed by atoms with Gasteiger partial charge in [-0.3, -0.25) is 15.1 Å². The highest BCUT2D eigenvalue weighted by atomic mass is 35.5. The van der Waals surface area contributed by atoms with Crippen LogP contribution in [-0.2, 0) is 4.79 Å². The lowest BCUT2D eigenvalue weighted by molar-refractivity contribution is -0.132. The molecule has 150 valence electrons. The largest absolute Gasteiger partial charge is 0.390 e. The molecule has 0 bridgehead atoms. The predicted octanol–water partition coefficient (Wildman–Crippen LogP) is 2.79. The van der Waals surface area contributed by atoms with Crippen molar-refractivity contribution in [2.75, 3.05) is 19.6 Å². The monoisotopic (exact) mass is 432 g/mol. The normalized spacial score (nSPS) is 20.5. The van der Waals surface area contributed by atoms with Gasteiger partial charge < -0.3 is 4.90 Å². The number of nitrogens with one attached hydrogen (secondary N) is 1. The fraction of sp³-hybridized carbons (Fsp3) is 0.500. The SMILES string of the molecule is N#CNC(=NCCC(F)(F)F)N1CC(N2CCCC2=O)C(c2ccc(Cl)s2)=N1. The van der Waals surface area contributed by atoms with E-state index in [4.69, 9.17) is 16.9 Å². The third kappa shape index (κ3) is 4.74. The van der Waals surface area contributed by atoms with Gasteiger partial charge in [0.25, 0.3) is 0 Å². The first kappa shape index (κ1) is 20.4. The van der Waals surface area contributed by atoms with Crippen molar-refractivity contribution in [1.82, 2.24) is 15.2 Å². The number of rotatable bonds is 4. The van der Waals surface area contributed by atoms with Crippen molar-refractivity contribution in [2.45, 2.75) is 31.5 Å². The smallest absolute Gasteiger partial charge is 0.332 e. The molecule has 1 atom stereocenters. The predicted molar refractivity (Wildman–Crippen MR) is 99.0 cm³/mol. The van der Waals surface area contributed by atoms with Gasteiger partial charge in [0.15, 0.2) is 6.19 Å². The standard InChI is InChI=1S/C16H16ClF3N6OS/c17-12-4-3-11(28-12)14-10(25-7-1-2-13(25)27)8-26(24-14)15(23-9-21)22-6-5-16(18,19)20/h3-4,10H,1-2,5-8H2,(H,22,23). The summed E-state index contributed by atoms with van der Waals surface area (Å²) in [5.41, 5.74) is 0.579. The number of halogens is 4. The average molecular weight is 433 g/mol. The number of likely N-dealkylation sites (tertiary alicyclic amines) is 1. The summed E-state index contributed by atoms with van der Waals surface area (Å²) in [5, 5.41) is 17.0. The summed E-state index contributed by atoms with van der Waals surface area (Å²) < 4.78 is 37.8. The minimum absolute atomic E-state index is 0.00833. The molecule has 1 aromatic heterocycles. The molecule has 2 aliphatic rings. The van der Waals surface area contributed by atoms with Gasteiger partial charge in [0.05, 0.1) is 34.8 Å². The molecule has 0 aliphatic carbocycles. The van der Waals surface area contributed by atoms with E-state index in [2.05, 4.69) is 15.4 Å². The fourth-order valence-electron chi connectivity index (χ4n) is 3.06. The van der Waals surface area contributed by atoms with Crippen molar-refractivity contribution in [3.05, 3.63) is 21.3 Å². The quantitative estimate of drug-likeness (QED) is 0.343. The lowest BCUT2D eigenvalue weighted by atomic mass is 10.1. The molecule has 0 spiro atoms. The maximum Gasteiger partial charge on any atom is 0.390 e. The number of carbonyl (C=O) groups excluding carboxylic acids is 1. The van der Waals surface area contributed by atoms with E-state index in [1.165, 1.54) is 16.3 Å². The van der Waals surface area contributed by atoms with E-state index in [-0.39, 0.29) is 18.4 Å². The van der Waals surface area contributed by atoms with Gasteiger partial charge in [-0.1, -0.05) is 11.6 Å². The van der Waals surface area contributed by atoms with Gasteiger partial charge in [0, 0.05) is 13.0 Å². The van der Waals surface area contributed by atoms with Crippen LogP contribution in [0.4, 0.5) is 13.2 Å². The summed E-state index contributed by atoms with van der Waals surface area (Å²) in [6.07, 6.45) is -2.61. The Kier molecular flexibility index (Phi) is 6.10. The Hall–Kier alpha value is -2.32. The molecule has 2 aliphatic heterocycles. The van der Waals surface area contributed by atoms with Crippen LogP contribution in [0.5, 0.6) is 0 Å². The van der Waals surface area contributed by atoms with Crippen LogP contribution in [0, 0.1) is 11.5 Å². The molecule has 28 heavy (non-hydrogen) atoms. The summed E-state index contributed by atoms with van der Waals surface area (Å²) in [5.74, 6) is -0.0907. The van der Waals surface area contributed by atoms with Crippen molar-refractivity contribution in [3.8, 4) is 6.19 Å². The molecule has 7 nitrogen and oxygen atoms in total. The first-order valence-corrected chi connectivity index (χ1v) is 9.65. The Morgan fingerprint density at radius 3 is 2.86 bits per heavy atom. The highest BCUT2D eigenvalue weighted by molar-refractivity contribution is 7.18. The lowest BCUT2D eigenvalue weighted by Gasteiger charge is -2.25. The summed E-state index contributed by atoms with van der Waals surface area (Å²) in [6, 6.07) is 3.10. The molecule has 3 heterocycles. The van der Waals surface area contributed by atoms with Crippen molar-refractivity contribution in [3.63, 3.8) is 0 Å². The topological polar surface area (TPSA) is 84.1 Å². The van der Waals surface area contributed by atoms with Crippen molar-refractivity contribution >= 4 is 40.5 Å². The van der Waals surface area contributed by atoms with Crippen molar-refractivity contribution in [1.29, 1.82) is 5.26 Å². The summed E-state index contributed by atoms with van der Waals surface area (Å²) in [6.45, 7) is 0.227. The number of hydrogen-bond acceptors (Lipinski definition) is 5. The van der Waals surface area contributed by atoms with Gasteiger partial charge in [-0.25, -0.2) is 5.01 Å². The van der Waals surface area contributed by atoms with Gasteiger partial charge in [-0.15, -0.1) is 11.3 Å². The van der Waals surface area contributed by atoms with Crippen LogP contribution in [-0.4, -0.2) is 59.3 Å². The van der Waals surface area contributed by atoms with Gasteiger partial charge in [-0.2, -0.15) is 23.5 Å². The molecule has 0 saturated carbocycles. The van der Waals surface area contributed by atoms with Crippen LogP contribution >= 0.6 is 22.9 Å². The molecule has 0 aromatic carbocycles. The summed E-state index contributed by atoms with van der Waals surface area (Å²) in [7, 11) is 0. The van der Waals surface area contributed by atoms with Gasteiger partial charge in [-0.05, 0) is 18.6 Å². The molecule has 1 saturated heterocycles. The third-order valence-electron chi connectivity index (χ3n) is 4.27. The number of nitriles is 1. The van der Waals surface area contributed by atoms with E-state index in [9.17, 15) is 18.0 Å². The minimum atomic E-state index is -4.35. The van der Waals surface area contributed by atoms with Gasteiger partial charge in [0.2, 0.25) is 11.9 Å². The Balaban J connectivity index is 1.87. The Labute approximate surface area is 168 Å². The summed E-state index contributed by atoms with van der Waals surface area (Å²) >= 11 is 7.31. The van der Waals surface area contributed by atoms with Gasteiger partial charge >= 0.3 is 6.18 Å². The van der Waals surface area contributed by atoms with Crippen LogP contribution < -0.4 is 5.32 Å². The molecule has 1 unspecified atom stereocenters. The second-order valence-corrected chi connectivity index (χ2v) is 7.90. The van der Waals surface area contributed by atoms with Crippen LogP contribution in [0.15, 0.2) is 22.2 Å². The maximum absolute atomic E-state index is 12.4. The van der Waals surface area contributed by atoms with E-state index in [0.717, 1.165) is 11.3 Å². The Morgan fingerprint density at radius 1 is 1.50 bits per heavy atom. The number of hydrogen-bond donors (Lipinski definition) is 1. The van der Waals surface area contributed by atoms with E-state index >= 15 is 0 Å². The number of thiophene rings is 1. The van der Waals surface area contributed by atoms with E-state index in [1.807, 2.05) is 0 Å². The third-order valence-corrected chi connectivity index (χ3v) is 5.52. The second-order valence-electron chi connectivity index (χ2n) is 6.18. The molecule has 1 fully saturated rings. The van der Waals surface area contributed by atoms with E-state index in [1.54, 1.807) is 23.2 Å². The fourth-order valence-corrected chi connectivity index (χ4v) is 4.13. The zero-order chi connectivity index (χ0) is 20.3. The number of hydrazone groups is 1. The number of aliphatic imine (C=N–C) groups is 1. The maximum atomic E-state index is 12.4. The van der Waals surface area contributed by atoms with Crippen molar-refractivity contribution in [2.24, 2.45) is 10.1 Å². The number of carbonyl (C=O) groups is 1. The molecule has 0 radical (unpaired) electrons. The number of amides is 1. The minimum Gasteiger partial charge on any atom is -0.332 e. The van der Waals surface area contributed by atoms with Gasteiger partial charge in [0.1, 0.15) is 5.71 Å². The van der Waals surface area contributed by atoms with E-state index in [0.29, 0.717) is 23.0 Å². The Bertz CT molecular complexity index is 846. The molecular formula is C16H16ClF3N6OS. The van der Waals surface area contributed by atoms with Crippen LogP contribution in [0.3, 0.4) is 0 Å². The Morgan fingerprint density at radius 2 is 2.29 bits per heavy atom. The highest BCUT2D eigenvalue weighted by Gasteiger charge is 2.39. The van der Waals surface area contributed by atoms with Crippen molar-refractivity contribution < 1.29 is 18.0 Å². The summed E-state index contributed by atoms with van der Waals surface area (Å²) in [4.78, 5) is 18.5. The number of guanidine groups is 1. The average Bonchev–Trinajstić information content (AvgIpc) is 3.32. The highest BCUT2D eigenvalue weighted by Crippen LogP contribution is 2.29. The van der Waals surface area contributed by atoms with Crippen LogP contribution in [0.1, 0.15) is 24.1 Å². The zero-order valence-corrected chi connectivity index (χ0v) is 16.1. The van der Waals surface area contributed by atoms with Crippen LogP contribution in [0.2, 0.25) is 4.34 Å². The second kappa shape index (κ2) is 8.36. The molecule has 3 rings (SSSR count). The molecule has 1 N–H and O–H groups in total. The zero-order valence-electron chi connectivity index (χ0n) is 14.5. The first-order valence-electron chi connectivity index (χ1n) is 8.46. The molecular weight excluding hydrogens is 417 g/mol. The lowest BCUT2D eigenvalue weighted by Crippen LogP contribution is -2.45. The van der Waals surface area contributed by atoms with E-state index < -0.39 is 25.2 Å². The number of alkyl halides is 3. The molecule has 1 aromatic rings. The first-order chi connectivity index (χ1) is 13.3. The number of nitrogens with zero attached hydrogens (tertiary/aromatic N) is 5. The van der Waals surface area contributed by atoms with Crippen LogP contribution in [0.25, 0.3) is 0 Å².